The van der Waals surface area contributed by atoms with Crippen LogP contribution in [0.5, 0.6) is 0 Å². The van der Waals surface area contributed by atoms with Crippen molar-refractivity contribution in [2.24, 2.45) is 11.3 Å². The average Bonchev–Trinajstić information content (AvgIpc) is 3.89. The predicted octanol–water partition coefficient (Wildman–Crippen LogP) is 5.52. The zero-order valence-corrected chi connectivity index (χ0v) is 30.6. The zero-order valence-electron chi connectivity index (χ0n) is 29.7. The van der Waals surface area contributed by atoms with Crippen LogP contribution in [0, 0.1) is 24.1 Å². The smallest absolute Gasteiger partial charge is 0.410 e. The Morgan fingerprint density at radius 1 is 1.04 bits per heavy atom. The summed E-state index contributed by atoms with van der Waals surface area (Å²) < 4.78 is 47.9. The van der Waals surface area contributed by atoms with Crippen LogP contribution in [0.25, 0.3) is 0 Å². The van der Waals surface area contributed by atoms with Crippen LogP contribution in [0.15, 0.2) is 54.6 Å². The number of anilines is 1. The van der Waals surface area contributed by atoms with Gasteiger partial charge in [0, 0.05) is 30.6 Å². The van der Waals surface area contributed by atoms with Gasteiger partial charge in [-0.1, -0.05) is 49.3 Å². The topological polar surface area (TPSA) is 142 Å². The van der Waals surface area contributed by atoms with Crippen molar-refractivity contribution in [1.29, 1.82) is 0 Å². The van der Waals surface area contributed by atoms with Gasteiger partial charge in [0.25, 0.3) is 0 Å². The molecule has 0 unspecified atom stereocenters. The summed E-state index contributed by atoms with van der Waals surface area (Å²) in [6.45, 7) is 3.77. The third-order valence-corrected chi connectivity index (χ3v) is 13.8. The number of aryl methyl sites for hydroxylation is 1. The molecule has 11 nitrogen and oxygen atoms in total. The molecule has 2 N–H and O–H groups in total. The van der Waals surface area contributed by atoms with Gasteiger partial charge < -0.3 is 15.0 Å². The highest BCUT2D eigenvalue weighted by Crippen LogP contribution is 2.57. The van der Waals surface area contributed by atoms with Gasteiger partial charge in [0.15, 0.2) is 5.78 Å². The largest absolute Gasteiger partial charge is 0.444 e. The molecule has 3 heterocycles. The number of sulfonamides is 1. The maximum Gasteiger partial charge on any atom is 0.410 e. The number of halogens is 1. The summed E-state index contributed by atoms with van der Waals surface area (Å²) in [7, 11) is -3.94. The van der Waals surface area contributed by atoms with Crippen molar-refractivity contribution >= 4 is 39.4 Å². The molecule has 0 radical (unpaired) electrons. The van der Waals surface area contributed by atoms with E-state index in [0.717, 1.165) is 36.9 Å². The number of hydrogen-bond acceptors (Lipinski definition) is 8. The number of allylic oxidation sites excluding steroid dienone is 2. The van der Waals surface area contributed by atoms with Gasteiger partial charge in [0.2, 0.25) is 21.8 Å². The number of nitrogens with one attached hydrogen (secondary N) is 2. The van der Waals surface area contributed by atoms with Gasteiger partial charge in [-0.05, 0) is 87.6 Å². The van der Waals surface area contributed by atoms with Gasteiger partial charge in [-0.25, -0.2) is 17.6 Å². The first-order valence-electron chi connectivity index (χ1n) is 18.4. The van der Waals surface area contributed by atoms with Crippen LogP contribution in [-0.4, -0.2) is 71.4 Å². The highest BCUT2D eigenvalue weighted by Gasteiger charge is 2.62. The van der Waals surface area contributed by atoms with E-state index in [-0.39, 0.29) is 50.1 Å². The van der Waals surface area contributed by atoms with E-state index in [4.69, 9.17) is 4.74 Å². The van der Waals surface area contributed by atoms with Crippen molar-refractivity contribution in [3.05, 3.63) is 77.1 Å². The first-order valence-corrected chi connectivity index (χ1v) is 19.9. The summed E-state index contributed by atoms with van der Waals surface area (Å²) in [6, 6.07) is 10.7. The van der Waals surface area contributed by atoms with Gasteiger partial charge in [0.1, 0.15) is 18.0 Å². The van der Waals surface area contributed by atoms with Crippen LogP contribution < -0.4 is 10.0 Å². The third-order valence-electron chi connectivity index (χ3n) is 11.7. The predicted molar refractivity (Wildman–Crippen MR) is 192 cm³/mol. The molecule has 2 aromatic carbocycles. The summed E-state index contributed by atoms with van der Waals surface area (Å²) in [4.78, 5) is 59.1. The van der Waals surface area contributed by atoms with Gasteiger partial charge in [-0.15, -0.1) is 0 Å². The number of nitrogens with zero attached hydrogens (tertiary/aromatic N) is 2. The Labute approximate surface area is 304 Å². The fourth-order valence-corrected chi connectivity index (χ4v) is 9.28. The van der Waals surface area contributed by atoms with E-state index in [2.05, 4.69) is 10.0 Å². The lowest BCUT2D eigenvalue weighted by molar-refractivity contribution is -0.139. The molecule has 3 amide bonds. The summed E-state index contributed by atoms with van der Waals surface area (Å²) in [5, 5.41) is 3.40. The zero-order chi connectivity index (χ0) is 36.8. The molecular weight excluding hydrogens is 688 g/mol. The minimum absolute atomic E-state index is 0.0250. The molecule has 52 heavy (non-hydrogen) atoms. The van der Waals surface area contributed by atoms with Crippen molar-refractivity contribution < 1.29 is 36.7 Å². The Morgan fingerprint density at radius 2 is 1.83 bits per heavy atom. The number of carbonyl (C=O) groups excluding carboxylic acids is 4. The van der Waals surface area contributed by atoms with Gasteiger partial charge in [0.05, 0.1) is 29.3 Å². The number of ketones is 1. The van der Waals surface area contributed by atoms with E-state index < -0.39 is 56.2 Å². The fraction of sp³-hybridized carbons (Fsp3) is 0.538. The van der Waals surface area contributed by atoms with Crippen LogP contribution in [0.2, 0.25) is 0 Å². The molecule has 278 valence electrons. The van der Waals surface area contributed by atoms with Crippen molar-refractivity contribution in [1.82, 2.24) is 14.5 Å². The summed E-state index contributed by atoms with van der Waals surface area (Å²) in [5.41, 5.74) is 1.66. The van der Waals surface area contributed by atoms with Crippen molar-refractivity contribution in [2.75, 3.05) is 11.9 Å². The average molecular weight is 735 g/mol. The standard InChI is InChI=1S/C39H47FN4O7S/c1-25-10-8-13-28(18-25)41-32-15-7-5-3-4-6-12-27-20-39(27,36(47)42-52(49,50)38(2)16-17-38)21-34(45)33-19-29(23-44(33)35(32)46)51-37(48)43-22-26-11-9-14-31(40)30(26)24-43/h6,8-14,18,27,29,32-33,41H,3-5,7,15-17,19-24H2,1-2H3,(H,42,47)/b12-6-/t27-,29-,32+,33+,39-/m1/s1. The van der Waals surface area contributed by atoms with Gasteiger partial charge >= 0.3 is 6.09 Å². The van der Waals surface area contributed by atoms with E-state index >= 15 is 0 Å². The first-order chi connectivity index (χ1) is 24.8. The van der Waals surface area contributed by atoms with Crippen LogP contribution in [0.1, 0.15) is 87.8 Å². The summed E-state index contributed by atoms with van der Waals surface area (Å²) >= 11 is 0. The summed E-state index contributed by atoms with van der Waals surface area (Å²) in [6.07, 6.45) is 7.21. The number of Topliss-reactive ketones (excluding diaryl/α,β-unsaturated/α-hetero) is 1. The highest BCUT2D eigenvalue weighted by molar-refractivity contribution is 7.91. The van der Waals surface area contributed by atoms with Crippen molar-refractivity contribution in [3.63, 3.8) is 0 Å². The monoisotopic (exact) mass is 734 g/mol. The van der Waals surface area contributed by atoms with Gasteiger partial charge in [-0.2, -0.15) is 0 Å². The lowest BCUT2D eigenvalue weighted by Gasteiger charge is -2.30. The number of amides is 3. The molecule has 0 spiro atoms. The SMILES string of the molecule is Cc1cccc(N[C@H]2CCCCC/C=C\[C@@H]3C[C@@]3(C(=O)NS(=O)(=O)C3(C)CC3)CC(=O)[C@@H]3C[C@@H](OC(=O)N4Cc5cccc(F)c5C4)CN3C2=O)c1. The molecule has 5 aliphatic rings. The lowest BCUT2D eigenvalue weighted by atomic mass is 9.91. The van der Waals surface area contributed by atoms with E-state index in [1.807, 2.05) is 43.3 Å². The van der Waals surface area contributed by atoms with Crippen molar-refractivity contribution in [3.8, 4) is 0 Å². The van der Waals surface area contributed by atoms with E-state index in [9.17, 15) is 32.0 Å². The normalized spacial score (nSPS) is 29.1. The van der Waals surface area contributed by atoms with E-state index in [1.165, 1.54) is 15.9 Å². The summed E-state index contributed by atoms with van der Waals surface area (Å²) in [5.74, 6) is -2.10. The van der Waals surface area contributed by atoms with Crippen LogP contribution in [-0.2, 0) is 42.2 Å². The Hall–Kier alpha value is -4.26. The Morgan fingerprint density at radius 3 is 2.58 bits per heavy atom. The maximum atomic E-state index is 14.5. The minimum Gasteiger partial charge on any atom is -0.444 e. The van der Waals surface area contributed by atoms with Crippen LogP contribution >= 0.6 is 0 Å². The second kappa shape index (κ2) is 13.9. The van der Waals surface area contributed by atoms with E-state index in [1.54, 1.807) is 19.1 Å². The molecular formula is C39H47FN4O7S. The number of ether oxygens (including phenoxy) is 1. The Balaban J connectivity index is 1.15. The first kappa shape index (κ1) is 36.1. The third kappa shape index (κ3) is 7.20. The molecule has 3 aliphatic heterocycles. The molecule has 3 fully saturated rings. The second-order valence-electron chi connectivity index (χ2n) is 15.6. The molecule has 1 saturated heterocycles. The molecule has 7 rings (SSSR count). The number of hydrogen-bond donors (Lipinski definition) is 2. The van der Waals surface area contributed by atoms with Crippen molar-refractivity contribution in [2.45, 2.75) is 114 Å². The van der Waals surface area contributed by atoms with Crippen LogP contribution in [0.4, 0.5) is 14.9 Å². The van der Waals surface area contributed by atoms with E-state index in [0.29, 0.717) is 36.8 Å². The van der Waals surface area contributed by atoms with Crippen LogP contribution in [0.3, 0.4) is 0 Å². The molecule has 2 aromatic rings. The second-order valence-corrected chi connectivity index (χ2v) is 17.8. The fourth-order valence-electron chi connectivity index (χ4n) is 7.95. The maximum absolute atomic E-state index is 14.5. The molecule has 0 bridgehead atoms. The van der Waals surface area contributed by atoms with Gasteiger partial charge in [-0.3, -0.25) is 24.0 Å². The Kier molecular flexibility index (Phi) is 9.68. The lowest BCUT2D eigenvalue weighted by Crippen LogP contribution is -2.49. The quantitative estimate of drug-likeness (QED) is 0.370. The minimum atomic E-state index is -3.94. The highest BCUT2D eigenvalue weighted by atomic mass is 32.2. The molecule has 13 heteroatoms. The molecule has 0 aromatic heterocycles. The molecule has 2 aliphatic carbocycles. The number of rotatable bonds is 6. The number of carbonyl (C=O) groups is 4. The molecule has 5 atom stereocenters. The molecule has 2 saturated carbocycles. The number of fused-ring (bicyclic) bond motifs is 3. The Bertz CT molecular complexity index is 1910. The number of benzene rings is 2.